The van der Waals surface area contributed by atoms with Crippen molar-refractivity contribution in [3.8, 4) is 28.0 Å². The molecule has 0 heterocycles. The molecule has 292 valence electrons. The molecule has 2 atom stereocenters. The second kappa shape index (κ2) is 16.8. The van der Waals surface area contributed by atoms with Crippen LogP contribution < -0.4 is 21.4 Å². The van der Waals surface area contributed by atoms with Crippen molar-refractivity contribution in [3.05, 3.63) is 152 Å². The van der Waals surface area contributed by atoms with Gasteiger partial charge in [0.05, 0.1) is 31.5 Å². The first-order valence-electron chi connectivity index (χ1n) is 18.7. The molecule has 3 amide bonds. The van der Waals surface area contributed by atoms with Crippen molar-refractivity contribution in [2.24, 2.45) is 0 Å². The minimum atomic E-state index is -1.22. The predicted octanol–water partition coefficient (Wildman–Crippen LogP) is 5.11. The number of rotatable bonds is 11. The number of aromatic hydroxyl groups is 1. The largest absolute Gasteiger partial charge is 0.508 e. The Kier molecular flexibility index (Phi) is 11.5. The highest BCUT2D eigenvalue weighted by Crippen LogP contribution is 2.45. The molecule has 0 radical (unpaired) electrons. The quantitative estimate of drug-likeness (QED) is 0.0956. The fourth-order valence-corrected chi connectivity index (χ4v) is 8.14. The van der Waals surface area contributed by atoms with Gasteiger partial charge in [0.15, 0.2) is 0 Å². The van der Waals surface area contributed by atoms with Crippen LogP contribution in [0.1, 0.15) is 69.8 Å². The van der Waals surface area contributed by atoms with Crippen molar-refractivity contribution in [2.75, 3.05) is 11.9 Å². The minimum Gasteiger partial charge on any atom is -0.508 e. The van der Waals surface area contributed by atoms with Gasteiger partial charge in [0.25, 0.3) is 0 Å². The Hall–Kier alpha value is -6.34. The highest BCUT2D eigenvalue weighted by Gasteiger charge is 2.31. The molecule has 2 aliphatic rings. The van der Waals surface area contributed by atoms with E-state index >= 15 is 0 Å². The van der Waals surface area contributed by atoms with E-state index < -0.39 is 42.7 Å². The average molecular weight is 770 g/mol. The summed E-state index contributed by atoms with van der Waals surface area (Å²) in [6, 6.07) is 26.4. The number of carbonyl (C=O) groups excluding carboxylic acids is 3. The molecule has 7 rings (SSSR count). The van der Waals surface area contributed by atoms with Crippen LogP contribution in [0, 0.1) is 0 Å². The average Bonchev–Trinajstić information content (AvgIpc) is 3.34. The maximum absolute atomic E-state index is 14.1. The number of anilines is 1. The van der Waals surface area contributed by atoms with E-state index in [2.05, 4.69) is 16.0 Å². The zero-order chi connectivity index (χ0) is 40.2. The van der Waals surface area contributed by atoms with Crippen LogP contribution in [0.15, 0.2) is 102 Å². The van der Waals surface area contributed by atoms with Crippen LogP contribution in [-0.2, 0) is 47.0 Å². The van der Waals surface area contributed by atoms with Crippen molar-refractivity contribution >= 4 is 23.6 Å². The van der Waals surface area contributed by atoms with E-state index in [9.17, 15) is 39.6 Å². The van der Waals surface area contributed by atoms with Crippen LogP contribution in [0.5, 0.6) is 5.75 Å². The standard InChI is InChI=1S/C45H43N3O9/c1-25(52)46-39-16-12-27-19-28(21-49)36(22-50)37(23-51)43(27)34-15-17-40(42(54)20-35(34)39)47-44(55)41(18-26-10-13-29(53)14-11-26)48-45(56)57-24-38-32-8-4-2-6-30(32)31-7-3-5-9-33(31)38/h2-11,13-15,17,19-20,38-39,41,49-51,53H,12,16,18,21-24H2,1H3,(H,46,52)(H,48,56)(H,47,54,55)/t39-,41-/m0/s1. The summed E-state index contributed by atoms with van der Waals surface area (Å²) in [5.74, 6) is -1.22. The Morgan fingerprint density at radius 2 is 1.46 bits per heavy atom. The third-order valence-electron chi connectivity index (χ3n) is 10.8. The van der Waals surface area contributed by atoms with Gasteiger partial charge in [0.1, 0.15) is 18.4 Å². The van der Waals surface area contributed by atoms with E-state index in [1.807, 2.05) is 48.5 Å². The third-order valence-corrected chi connectivity index (χ3v) is 10.8. The first-order chi connectivity index (χ1) is 27.6. The number of hydrogen-bond acceptors (Lipinski definition) is 9. The first-order valence-corrected chi connectivity index (χ1v) is 18.7. The monoisotopic (exact) mass is 769 g/mol. The summed E-state index contributed by atoms with van der Waals surface area (Å²) in [4.78, 5) is 53.9. The number of fused-ring (bicyclic) bond motifs is 6. The maximum atomic E-state index is 14.1. The molecule has 0 saturated heterocycles. The molecule has 0 bridgehead atoms. The minimum absolute atomic E-state index is 0.00503. The van der Waals surface area contributed by atoms with Gasteiger partial charge in [-0.3, -0.25) is 14.4 Å². The van der Waals surface area contributed by atoms with Gasteiger partial charge in [-0.2, -0.15) is 0 Å². The molecule has 2 aliphatic carbocycles. The highest BCUT2D eigenvalue weighted by molar-refractivity contribution is 5.97. The predicted molar refractivity (Wildman–Crippen MR) is 213 cm³/mol. The lowest BCUT2D eigenvalue weighted by Gasteiger charge is -2.20. The third kappa shape index (κ3) is 8.01. The normalized spacial score (nSPS) is 14.6. The van der Waals surface area contributed by atoms with Gasteiger partial charge in [0.2, 0.25) is 17.2 Å². The number of aliphatic hydroxyl groups is 3. The first kappa shape index (κ1) is 38.9. The summed E-state index contributed by atoms with van der Waals surface area (Å²) in [5.41, 5.74) is 7.59. The fraction of sp³-hybridized carbons (Fsp3) is 0.244. The number of aryl methyl sites for hydroxylation is 1. The number of amides is 3. The Bertz CT molecular complexity index is 2370. The molecule has 5 aromatic rings. The lowest BCUT2D eigenvalue weighted by molar-refractivity contribution is -0.120. The number of phenols is 1. The SMILES string of the molecule is CC(=O)N[C@H]1CCc2cc(CO)c(CO)c(CO)c2-c2ccc(NC(=O)[C@H](Cc3ccc(O)cc3)NC(=O)OCC3c4ccccc4-c4ccccc43)c(=O)cc21. The van der Waals surface area contributed by atoms with Gasteiger partial charge in [-0.1, -0.05) is 72.8 Å². The molecule has 5 aromatic carbocycles. The van der Waals surface area contributed by atoms with Crippen molar-refractivity contribution in [1.29, 1.82) is 0 Å². The van der Waals surface area contributed by atoms with Crippen LogP contribution in [0.4, 0.5) is 10.5 Å². The van der Waals surface area contributed by atoms with Gasteiger partial charge >= 0.3 is 6.09 Å². The number of ether oxygens (including phenoxy) is 1. The topological polar surface area (TPSA) is 195 Å². The van der Waals surface area contributed by atoms with Gasteiger partial charge in [0, 0.05) is 19.3 Å². The molecule has 0 saturated carbocycles. The second-order valence-corrected chi connectivity index (χ2v) is 14.3. The van der Waals surface area contributed by atoms with Crippen molar-refractivity contribution in [3.63, 3.8) is 0 Å². The van der Waals surface area contributed by atoms with Gasteiger partial charge in [-0.25, -0.2) is 4.79 Å². The van der Waals surface area contributed by atoms with E-state index in [1.165, 1.54) is 31.2 Å². The lowest BCUT2D eigenvalue weighted by Crippen LogP contribution is -2.46. The van der Waals surface area contributed by atoms with Gasteiger partial charge < -0.3 is 41.1 Å². The second-order valence-electron chi connectivity index (χ2n) is 14.3. The number of phenolic OH excluding ortho intramolecular Hbond substituents is 1. The van der Waals surface area contributed by atoms with Crippen LogP contribution in [-0.4, -0.2) is 51.0 Å². The summed E-state index contributed by atoms with van der Waals surface area (Å²) in [7, 11) is 0. The summed E-state index contributed by atoms with van der Waals surface area (Å²) in [5, 5.41) is 49.1. The molecule has 0 aromatic heterocycles. The summed E-state index contributed by atoms with van der Waals surface area (Å²) in [6.07, 6.45) is -0.0216. The maximum Gasteiger partial charge on any atom is 0.407 e. The van der Waals surface area contributed by atoms with E-state index in [1.54, 1.807) is 24.3 Å². The van der Waals surface area contributed by atoms with E-state index in [-0.39, 0.29) is 42.9 Å². The van der Waals surface area contributed by atoms with Crippen molar-refractivity contribution in [1.82, 2.24) is 10.6 Å². The van der Waals surface area contributed by atoms with Crippen molar-refractivity contribution in [2.45, 2.75) is 64.0 Å². The Morgan fingerprint density at radius 1 is 0.789 bits per heavy atom. The Balaban J connectivity index is 1.20. The summed E-state index contributed by atoms with van der Waals surface area (Å²) >= 11 is 0. The molecule has 12 heteroatoms. The Morgan fingerprint density at radius 3 is 2.09 bits per heavy atom. The molecule has 0 aliphatic heterocycles. The van der Waals surface area contributed by atoms with E-state index in [0.29, 0.717) is 51.8 Å². The van der Waals surface area contributed by atoms with E-state index in [4.69, 9.17) is 4.74 Å². The lowest BCUT2D eigenvalue weighted by atomic mass is 9.87. The fourth-order valence-electron chi connectivity index (χ4n) is 8.14. The summed E-state index contributed by atoms with van der Waals surface area (Å²) < 4.78 is 5.76. The van der Waals surface area contributed by atoms with Crippen LogP contribution in [0.25, 0.3) is 22.3 Å². The molecule has 12 nitrogen and oxygen atoms in total. The number of carbonyl (C=O) groups is 3. The molecule has 57 heavy (non-hydrogen) atoms. The molecule has 0 unspecified atom stereocenters. The molecular formula is C45H43N3O9. The van der Waals surface area contributed by atoms with E-state index in [0.717, 1.165) is 27.8 Å². The number of alkyl carbamates (subject to hydrolysis) is 1. The number of aliphatic hydroxyl groups excluding tert-OH is 3. The Labute approximate surface area is 328 Å². The van der Waals surface area contributed by atoms with Gasteiger partial charge in [-0.05, 0) is 104 Å². The molecule has 0 fully saturated rings. The molecule has 7 N–H and O–H groups in total. The molecular weight excluding hydrogens is 727 g/mol. The molecule has 0 spiro atoms. The summed E-state index contributed by atoms with van der Waals surface area (Å²) in [6.45, 7) is 0.105. The van der Waals surface area contributed by atoms with Crippen molar-refractivity contribution < 1.29 is 39.5 Å². The van der Waals surface area contributed by atoms with Crippen LogP contribution in [0.2, 0.25) is 0 Å². The van der Waals surface area contributed by atoms with Gasteiger partial charge in [-0.15, -0.1) is 0 Å². The highest BCUT2D eigenvalue weighted by atomic mass is 16.5. The number of benzene rings is 4. The number of nitrogens with one attached hydrogen (secondary N) is 3. The zero-order valence-corrected chi connectivity index (χ0v) is 31.2. The number of hydrogen-bond donors (Lipinski definition) is 7. The zero-order valence-electron chi connectivity index (χ0n) is 31.2. The van der Waals surface area contributed by atoms with Crippen LogP contribution >= 0.6 is 0 Å². The van der Waals surface area contributed by atoms with Crippen LogP contribution in [0.3, 0.4) is 0 Å². The smallest absolute Gasteiger partial charge is 0.407 e.